The van der Waals surface area contributed by atoms with Crippen molar-refractivity contribution in [3.05, 3.63) is 103 Å². The first-order chi connectivity index (χ1) is 27.7. The first-order valence-corrected chi connectivity index (χ1v) is 20.5. The van der Waals surface area contributed by atoms with Crippen LogP contribution in [-0.4, -0.2) is 87.4 Å². The number of ketones is 1. The molecule has 2 aromatic carbocycles. The Kier molecular flexibility index (Phi) is 12.0. The lowest BCUT2D eigenvalue weighted by Gasteiger charge is -2.29. The molecule has 0 radical (unpaired) electrons. The lowest BCUT2D eigenvalue weighted by Crippen LogP contribution is -2.29. The van der Waals surface area contributed by atoms with Crippen LogP contribution in [0.5, 0.6) is 0 Å². The van der Waals surface area contributed by atoms with E-state index in [0.29, 0.717) is 85.7 Å². The third-order valence-corrected chi connectivity index (χ3v) is 11.9. The Morgan fingerprint density at radius 3 is 2.41 bits per heavy atom. The fraction of sp³-hybridized carbons (Fsp3) is 0.405. The van der Waals surface area contributed by atoms with Gasteiger partial charge in [-0.15, -0.1) is 21.5 Å². The van der Waals surface area contributed by atoms with Gasteiger partial charge in [0, 0.05) is 46.2 Å². The van der Waals surface area contributed by atoms with Crippen LogP contribution in [0.4, 0.5) is 5.69 Å². The van der Waals surface area contributed by atoms with E-state index in [9.17, 15) is 14.4 Å². The van der Waals surface area contributed by atoms with Crippen LogP contribution < -0.4 is 16.4 Å². The molecular weight excluding hydrogens is 778 g/mol. The number of rotatable bonds is 15. The van der Waals surface area contributed by atoms with Crippen molar-refractivity contribution in [2.45, 2.75) is 66.8 Å². The van der Waals surface area contributed by atoms with E-state index in [2.05, 4.69) is 48.5 Å². The van der Waals surface area contributed by atoms with Crippen molar-refractivity contribution >= 4 is 51.9 Å². The molecule has 5 aromatic rings. The molecule has 1 aliphatic carbocycles. The number of primary amides is 1. The number of nitrogens with two attached hydrogens (primary N) is 1. The minimum Gasteiger partial charge on any atom is -0.382 e. The number of halogens is 1. The summed E-state index contributed by atoms with van der Waals surface area (Å²) in [5, 5.41) is 21.4. The summed E-state index contributed by atoms with van der Waals surface area (Å²) in [6.07, 6.45) is 1.27. The number of ether oxygens (including phenoxy) is 2. The van der Waals surface area contributed by atoms with Crippen LogP contribution in [0.3, 0.4) is 0 Å². The van der Waals surface area contributed by atoms with Gasteiger partial charge in [0.2, 0.25) is 5.91 Å². The highest BCUT2D eigenvalue weighted by molar-refractivity contribution is 7.15. The van der Waals surface area contributed by atoms with Crippen molar-refractivity contribution < 1.29 is 23.9 Å². The van der Waals surface area contributed by atoms with E-state index < -0.39 is 11.9 Å². The minimum atomic E-state index is -0.561. The maximum atomic E-state index is 13.3. The topological polar surface area (TPSA) is 181 Å². The molecule has 304 valence electrons. The van der Waals surface area contributed by atoms with Gasteiger partial charge in [-0.05, 0) is 75.4 Å². The van der Waals surface area contributed by atoms with Gasteiger partial charge in [-0.2, -0.15) is 5.10 Å². The summed E-state index contributed by atoms with van der Waals surface area (Å²) in [5.41, 5.74) is 13.2. The molecule has 4 heterocycles. The quantitative estimate of drug-likeness (QED) is 0.104. The zero-order valence-electron chi connectivity index (χ0n) is 33.6. The molecule has 7 rings (SSSR count). The monoisotopic (exact) mass is 825 g/mol. The van der Waals surface area contributed by atoms with Gasteiger partial charge in [-0.1, -0.05) is 37.6 Å². The number of hydrogen-bond donors (Lipinski definition) is 3. The minimum absolute atomic E-state index is 0.0836. The standard InChI is InChI=1S/C42H48ClN9O5S/c1-23-25(3)58-41-36(23)38(27-7-9-28(43)10-8-27)47-32(40-49-48-26(4)51(40)41)20-35(54)46-14-16-57-18-17-56-15-13-45-31-19-29(11-12-30(31)39(44)55)52-33-21-42(5,6)22-34(53)37(33)24(2)50-52/h7-12,19,32,45H,13-18,20-22H2,1-6H3,(H2,44,55)(H,46,54)/t32-/m0/s1. The Morgan fingerprint density at radius 1 is 0.966 bits per heavy atom. The van der Waals surface area contributed by atoms with Crippen molar-refractivity contribution in [3.63, 3.8) is 0 Å². The molecule has 0 saturated carbocycles. The Labute approximate surface area is 346 Å². The Bertz CT molecular complexity index is 2410. The second kappa shape index (κ2) is 16.9. The Balaban J connectivity index is 0.888. The second-order valence-electron chi connectivity index (χ2n) is 15.5. The van der Waals surface area contributed by atoms with Gasteiger partial charge in [0.25, 0.3) is 5.91 Å². The molecule has 1 atom stereocenters. The van der Waals surface area contributed by atoms with E-state index >= 15 is 0 Å². The molecule has 0 bridgehead atoms. The maximum absolute atomic E-state index is 13.3. The summed E-state index contributed by atoms with van der Waals surface area (Å²) in [5.74, 6) is 0.709. The molecule has 1 aliphatic heterocycles. The smallest absolute Gasteiger partial charge is 0.250 e. The molecule has 4 N–H and O–H groups in total. The van der Waals surface area contributed by atoms with Crippen LogP contribution in [0, 0.1) is 33.1 Å². The molecule has 16 heteroatoms. The lowest BCUT2D eigenvalue weighted by atomic mass is 9.75. The van der Waals surface area contributed by atoms with Gasteiger partial charge in [0.15, 0.2) is 11.6 Å². The maximum Gasteiger partial charge on any atom is 0.250 e. The number of aliphatic imine (C=N–C) groups is 1. The number of benzene rings is 2. The summed E-state index contributed by atoms with van der Waals surface area (Å²) in [6.45, 7) is 14.1. The normalized spacial score (nSPS) is 15.6. The molecular formula is C42H48ClN9O5S. The summed E-state index contributed by atoms with van der Waals surface area (Å²) < 4.78 is 15.3. The third-order valence-electron chi connectivity index (χ3n) is 10.5. The number of fused-ring (bicyclic) bond motifs is 4. The van der Waals surface area contributed by atoms with E-state index in [1.165, 1.54) is 4.88 Å². The highest BCUT2D eigenvalue weighted by Crippen LogP contribution is 2.40. The van der Waals surface area contributed by atoms with Gasteiger partial charge < -0.3 is 25.8 Å². The van der Waals surface area contributed by atoms with Gasteiger partial charge in [-0.3, -0.25) is 23.9 Å². The number of carbonyl (C=O) groups excluding carboxylic acids is 3. The highest BCUT2D eigenvalue weighted by atomic mass is 35.5. The van der Waals surface area contributed by atoms with Crippen LogP contribution >= 0.6 is 22.9 Å². The molecule has 2 aliphatic rings. The highest BCUT2D eigenvalue weighted by Gasteiger charge is 2.36. The molecule has 0 saturated heterocycles. The Morgan fingerprint density at radius 2 is 1.69 bits per heavy atom. The SMILES string of the molecule is Cc1nn(-c2ccc(C(N)=O)c(NCCOCCOCCNC(=O)C[C@@H]3N=C(c4ccc(Cl)cc4)c4c(sc(C)c4C)-n4c(C)nnc43)c2)c2c1C(=O)CC(C)(C)C2. The first kappa shape index (κ1) is 41.0. The van der Waals surface area contributed by atoms with E-state index in [0.717, 1.165) is 44.6 Å². The van der Waals surface area contributed by atoms with Gasteiger partial charge >= 0.3 is 0 Å². The van der Waals surface area contributed by atoms with Crippen LogP contribution in [-0.2, 0) is 20.7 Å². The fourth-order valence-corrected chi connectivity index (χ4v) is 8.94. The zero-order valence-corrected chi connectivity index (χ0v) is 35.1. The largest absolute Gasteiger partial charge is 0.382 e. The summed E-state index contributed by atoms with van der Waals surface area (Å²) in [7, 11) is 0. The molecule has 2 amide bonds. The molecule has 14 nitrogen and oxygen atoms in total. The fourth-order valence-electron chi connectivity index (χ4n) is 7.60. The predicted molar refractivity (Wildman–Crippen MR) is 224 cm³/mol. The number of thiophene rings is 1. The number of hydrogen-bond acceptors (Lipinski definition) is 11. The second-order valence-corrected chi connectivity index (χ2v) is 17.1. The van der Waals surface area contributed by atoms with Crippen molar-refractivity contribution in [1.29, 1.82) is 0 Å². The molecule has 0 fully saturated rings. The number of nitrogens with zero attached hydrogens (tertiary/aromatic N) is 6. The van der Waals surface area contributed by atoms with Crippen LogP contribution in [0.15, 0.2) is 47.5 Å². The Hall–Kier alpha value is -5.22. The number of amides is 2. The van der Waals surface area contributed by atoms with Crippen molar-refractivity contribution in [2.24, 2.45) is 16.1 Å². The number of aromatic nitrogens is 5. The first-order valence-electron chi connectivity index (χ1n) is 19.3. The van der Waals surface area contributed by atoms with Crippen molar-refractivity contribution in [1.82, 2.24) is 29.9 Å². The predicted octanol–water partition coefficient (Wildman–Crippen LogP) is 6.20. The van der Waals surface area contributed by atoms with Crippen LogP contribution in [0.2, 0.25) is 5.02 Å². The van der Waals surface area contributed by atoms with E-state index in [4.69, 9.17) is 36.9 Å². The number of carbonyl (C=O) groups is 3. The summed E-state index contributed by atoms with van der Waals surface area (Å²) >= 11 is 7.89. The van der Waals surface area contributed by atoms with Crippen molar-refractivity contribution in [3.8, 4) is 10.7 Å². The van der Waals surface area contributed by atoms with E-state index in [1.54, 1.807) is 28.2 Å². The average Bonchev–Trinajstić information content (AvgIpc) is 3.78. The summed E-state index contributed by atoms with van der Waals surface area (Å²) in [6, 6.07) is 12.3. The third kappa shape index (κ3) is 8.48. The molecule has 0 unspecified atom stereocenters. The van der Waals surface area contributed by atoms with E-state index in [1.807, 2.05) is 48.7 Å². The van der Waals surface area contributed by atoms with Crippen molar-refractivity contribution in [2.75, 3.05) is 44.8 Å². The number of Topliss-reactive ketones (excluding diaryl/α,β-unsaturated/α-hetero) is 1. The summed E-state index contributed by atoms with van der Waals surface area (Å²) in [4.78, 5) is 44.8. The molecule has 0 spiro atoms. The molecule has 58 heavy (non-hydrogen) atoms. The van der Waals surface area contributed by atoms with Gasteiger partial charge in [-0.25, -0.2) is 4.68 Å². The van der Waals surface area contributed by atoms with Crippen LogP contribution in [0.25, 0.3) is 10.7 Å². The van der Waals surface area contributed by atoms with Gasteiger partial charge in [0.1, 0.15) is 16.9 Å². The number of anilines is 1. The van der Waals surface area contributed by atoms with Gasteiger partial charge in [0.05, 0.1) is 66.8 Å². The number of nitrogens with one attached hydrogen (secondary N) is 2. The van der Waals surface area contributed by atoms with Crippen LogP contribution in [0.1, 0.15) is 98.1 Å². The van der Waals surface area contributed by atoms with E-state index in [-0.39, 0.29) is 23.5 Å². The number of aryl methyl sites for hydroxylation is 3. The lowest BCUT2D eigenvalue weighted by molar-refractivity contribution is -0.121. The average molecular weight is 826 g/mol. The molecule has 3 aromatic heterocycles. The zero-order chi connectivity index (χ0) is 41.3.